The fourth-order valence-corrected chi connectivity index (χ4v) is 5.89. The van der Waals surface area contributed by atoms with Gasteiger partial charge in [0.1, 0.15) is 10.3 Å². The number of carbonyl (C=O) groups is 1. The summed E-state index contributed by atoms with van der Waals surface area (Å²) in [5, 5.41) is 11.8. The number of nitrogens with zero attached hydrogens (tertiary/aromatic N) is 3. The second-order valence-electron chi connectivity index (χ2n) is 5.71. The minimum atomic E-state index is -3.71. The van der Waals surface area contributed by atoms with Crippen molar-refractivity contribution in [2.75, 3.05) is 11.9 Å². The number of thiophene rings is 1. The highest BCUT2D eigenvalue weighted by Crippen LogP contribution is 2.30. The average Bonchev–Trinajstić information content (AvgIpc) is 3.41. The van der Waals surface area contributed by atoms with Gasteiger partial charge in [0.2, 0.25) is 5.91 Å². The van der Waals surface area contributed by atoms with Crippen LogP contribution in [-0.4, -0.2) is 41.4 Å². The lowest BCUT2D eigenvalue weighted by Crippen LogP contribution is -2.42. The first kappa shape index (κ1) is 18.3. The van der Waals surface area contributed by atoms with Crippen molar-refractivity contribution < 1.29 is 22.0 Å². The average molecular weight is 473 g/mol. The Morgan fingerprint density at radius 2 is 2.15 bits per heavy atom. The predicted octanol–water partition coefficient (Wildman–Crippen LogP) is 2.95. The first-order chi connectivity index (χ1) is 12.9. The molecule has 0 bridgehead atoms. The second kappa shape index (κ2) is 7.19. The summed E-state index contributed by atoms with van der Waals surface area (Å²) in [4.78, 5) is 12.6. The van der Waals surface area contributed by atoms with Gasteiger partial charge in [-0.05, 0) is 52.4 Å². The Balaban J connectivity index is 1.50. The molecular weight excluding hydrogens is 460 g/mol. The van der Waals surface area contributed by atoms with Gasteiger partial charge >= 0.3 is 6.01 Å². The van der Waals surface area contributed by atoms with Gasteiger partial charge in [-0.2, -0.15) is 4.31 Å². The number of furan rings is 1. The van der Waals surface area contributed by atoms with E-state index in [0.29, 0.717) is 23.3 Å². The molecule has 1 saturated heterocycles. The van der Waals surface area contributed by atoms with E-state index < -0.39 is 22.0 Å². The fourth-order valence-electron chi connectivity index (χ4n) is 2.81. The topological polar surface area (TPSA) is 119 Å². The van der Waals surface area contributed by atoms with Crippen LogP contribution in [0.25, 0.3) is 11.7 Å². The normalized spacial score (nSPS) is 18.0. The lowest BCUT2D eigenvalue weighted by Gasteiger charge is -2.21. The van der Waals surface area contributed by atoms with E-state index in [0.717, 1.165) is 11.3 Å². The zero-order valence-corrected chi connectivity index (χ0v) is 16.9. The van der Waals surface area contributed by atoms with Crippen LogP contribution in [0.3, 0.4) is 0 Å². The maximum Gasteiger partial charge on any atom is 0.322 e. The summed E-state index contributed by atoms with van der Waals surface area (Å²) >= 11 is 4.30. The van der Waals surface area contributed by atoms with Crippen LogP contribution in [0.4, 0.5) is 6.01 Å². The number of rotatable bonds is 5. The molecule has 1 aliphatic heterocycles. The third kappa shape index (κ3) is 3.57. The van der Waals surface area contributed by atoms with Crippen molar-refractivity contribution in [1.82, 2.24) is 14.5 Å². The maximum absolute atomic E-state index is 12.7. The quantitative estimate of drug-likeness (QED) is 0.605. The summed E-state index contributed by atoms with van der Waals surface area (Å²) in [5.41, 5.74) is 0. The summed E-state index contributed by atoms with van der Waals surface area (Å²) in [5.74, 6) is -0.0634. The summed E-state index contributed by atoms with van der Waals surface area (Å²) < 4.78 is 38.1. The lowest BCUT2D eigenvalue weighted by molar-refractivity contribution is -0.119. The Bertz CT molecular complexity index is 1060. The zero-order chi connectivity index (χ0) is 19.0. The van der Waals surface area contributed by atoms with E-state index in [2.05, 4.69) is 31.4 Å². The van der Waals surface area contributed by atoms with Crippen LogP contribution in [0.5, 0.6) is 0 Å². The molecule has 12 heteroatoms. The Hall–Kier alpha value is -2.02. The Kier molecular flexibility index (Phi) is 4.88. The van der Waals surface area contributed by atoms with E-state index in [-0.39, 0.29) is 22.7 Å². The first-order valence-corrected chi connectivity index (χ1v) is 11.0. The van der Waals surface area contributed by atoms with Crippen molar-refractivity contribution in [2.24, 2.45) is 0 Å². The van der Waals surface area contributed by atoms with Crippen LogP contribution in [0.2, 0.25) is 0 Å². The monoisotopic (exact) mass is 472 g/mol. The molecule has 3 aromatic rings. The number of hydrogen-bond donors (Lipinski definition) is 1. The summed E-state index contributed by atoms with van der Waals surface area (Å²) in [7, 11) is -3.71. The molecule has 1 unspecified atom stereocenters. The Morgan fingerprint density at radius 3 is 2.85 bits per heavy atom. The number of carbonyl (C=O) groups excluding carboxylic acids is 1. The molecule has 0 aromatic carbocycles. The molecule has 9 nitrogen and oxygen atoms in total. The van der Waals surface area contributed by atoms with Crippen molar-refractivity contribution >= 4 is 49.2 Å². The van der Waals surface area contributed by atoms with Gasteiger partial charge in [0.15, 0.2) is 10.4 Å². The molecule has 0 radical (unpaired) electrons. The minimum absolute atomic E-state index is 0.102. The van der Waals surface area contributed by atoms with Crippen molar-refractivity contribution in [3.8, 4) is 11.7 Å². The molecule has 0 saturated carbocycles. The predicted molar refractivity (Wildman–Crippen MR) is 99.6 cm³/mol. The van der Waals surface area contributed by atoms with Crippen molar-refractivity contribution in [3.63, 3.8) is 0 Å². The van der Waals surface area contributed by atoms with Gasteiger partial charge < -0.3 is 8.83 Å². The highest BCUT2D eigenvalue weighted by atomic mass is 79.9. The largest absolute Gasteiger partial charge is 0.444 e. The van der Waals surface area contributed by atoms with E-state index in [1.807, 2.05) is 0 Å². The fraction of sp³-hybridized carbons (Fsp3) is 0.267. The van der Waals surface area contributed by atoms with E-state index in [1.165, 1.54) is 10.4 Å². The van der Waals surface area contributed by atoms with Gasteiger partial charge in [-0.3, -0.25) is 10.1 Å². The molecule has 1 amide bonds. The second-order valence-corrected chi connectivity index (χ2v) is 9.56. The van der Waals surface area contributed by atoms with Crippen LogP contribution < -0.4 is 5.32 Å². The van der Waals surface area contributed by atoms with E-state index in [4.69, 9.17) is 8.83 Å². The number of anilines is 1. The summed E-state index contributed by atoms with van der Waals surface area (Å²) in [6.45, 7) is 0.286. The van der Waals surface area contributed by atoms with Crippen LogP contribution in [-0.2, 0) is 14.8 Å². The molecule has 1 N–H and O–H groups in total. The number of halogens is 1. The van der Waals surface area contributed by atoms with Crippen molar-refractivity contribution in [1.29, 1.82) is 0 Å². The molecule has 4 rings (SSSR count). The molecule has 142 valence electrons. The molecule has 27 heavy (non-hydrogen) atoms. The first-order valence-electron chi connectivity index (χ1n) is 7.90. The molecule has 0 spiro atoms. The number of aromatic nitrogens is 2. The third-order valence-corrected chi connectivity index (χ3v) is 7.71. The van der Waals surface area contributed by atoms with Crippen LogP contribution in [0.15, 0.2) is 47.4 Å². The van der Waals surface area contributed by atoms with Gasteiger partial charge in [0, 0.05) is 6.54 Å². The summed E-state index contributed by atoms with van der Waals surface area (Å²) in [6.07, 6.45) is 1.01. The highest BCUT2D eigenvalue weighted by molar-refractivity contribution is 9.10. The van der Waals surface area contributed by atoms with Crippen LogP contribution in [0, 0.1) is 0 Å². The van der Waals surface area contributed by atoms with Crippen LogP contribution in [0.1, 0.15) is 12.8 Å². The molecule has 1 atom stereocenters. The molecule has 4 heterocycles. The number of amides is 1. The van der Waals surface area contributed by atoms with Gasteiger partial charge in [0.05, 0.1) is 0 Å². The molecule has 0 aliphatic carbocycles. The third-order valence-electron chi connectivity index (χ3n) is 4.00. The molecule has 3 aromatic heterocycles. The highest BCUT2D eigenvalue weighted by Gasteiger charge is 2.40. The van der Waals surface area contributed by atoms with Crippen LogP contribution >= 0.6 is 27.3 Å². The SMILES string of the molecule is O=C(Nc1nnc(-c2ccc(Br)o2)o1)C1CCCN1S(=O)(=O)c1cccs1. The lowest BCUT2D eigenvalue weighted by atomic mass is 10.2. The van der Waals surface area contributed by atoms with Gasteiger partial charge in [-0.15, -0.1) is 16.4 Å². The van der Waals surface area contributed by atoms with Gasteiger partial charge in [0.25, 0.3) is 15.9 Å². The van der Waals surface area contributed by atoms with E-state index in [1.54, 1.807) is 23.6 Å². The zero-order valence-electron chi connectivity index (χ0n) is 13.7. The molecule has 1 aliphatic rings. The van der Waals surface area contributed by atoms with E-state index >= 15 is 0 Å². The van der Waals surface area contributed by atoms with Crippen molar-refractivity contribution in [2.45, 2.75) is 23.1 Å². The van der Waals surface area contributed by atoms with E-state index in [9.17, 15) is 13.2 Å². The Morgan fingerprint density at radius 1 is 1.30 bits per heavy atom. The number of hydrogen-bond acceptors (Lipinski definition) is 8. The standard InChI is InChI=1S/C15H13BrN4O5S2/c16-11-6-5-10(24-11)14-18-19-15(25-14)17-13(21)9-3-1-7-20(9)27(22,23)12-4-2-8-26-12/h2,4-6,8-9H,1,3,7H2,(H,17,19,21). The number of nitrogens with one attached hydrogen (secondary N) is 1. The number of sulfonamides is 1. The smallest absolute Gasteiger partial charge is 0.322 e. The molecular formula is C15H13BrN4O5S2. The summed E-state index contributed by atoms with van der Waals surface area (Å²) in [6, 6.07) is 5.54. The van der Waals surface area contributed by atoms with Gasteiger partial charge in [-0.25, -0.2) is 8.42 Å². The minimum Gasteiger partial charge on any atom is -0.444 e. The maximum atomic E-state index is 12.7. The Labute approximate surface area is 166 Å². The van der Waals surface area contributed by atoms with Gasteiger partial charge in [-0.1, -0.05) is 11.2 Å². The van der Waals surface area contributed by atoms with Crippen molar-refractivity contribution in [3.05, 3.63) is 34.3 Å². The molecule has 1 fully saturated rings.